The van der Waals surface area contributed by atoms with Crippen molar-refractivity contribution in [3.8, 4) is 0 Å². The van der Waals surface area contributed by atoms with E-state index >= 15 is 0 Å². The smallest absolute Gasteiger partial charge is 0.180 e. The predicted octanol–water partition coefficient (Wildman–Crippen LogP) is 1.52. The van der Waals surface area contributed by atoms with Gasteiger partial charge in [0.1, 0.15) is 22.7 Å². The molecule has 0 amide bonds. The largest absolute Gasteiger partial charge is 0.373 e. The van der Waals surface area contributed by atoms with Crippen molar-refractivity contribution in [1.82, 2.24) is 20.2 Å². The van der Waals surface area contributed by atoms with Crippen LogP contribution in [0.25, 0.3) is 0 Å². The number of aromatic nitrogens is 4. The molecule has 0 saturated carbocycles. The second kappa shape index (κ2) is 4.34. The molecule has 0 spiro atoms. The summed E-state index contributed by atoms with van der Waals surface area (Å²) in [5.41, 5.74) is 1.70. The summed E-state index contributed by atoms with van der Waals surface area (Å²) in [4.78, 5) is 8.13. The Balaban J connectivity index is 2.17. The van der Waals surface area contributed by atoms with E-state index in [1.807, 2.05) is 13.1 Å². The number of hydrogen-bond donors (Lipinski definition) is 1. The Hall–Kier alpha value is -1.21. The minimum Gasteiger partial charge on any atom is -0.373 e. The molecule has 0 atom stereocenters. The molecule has 0 aliphatic rings. The van der Waals surface area contributed by atoms with Gasteiger partial charge in [0.25, 0.3) is 0 Å². The van der Waals surface area contributed by atoms with Crippen LogP contribution in [0.1, 0.15) is 0 Å². The van der Waals surface area contributed by atoms with Gasteiger partial charge in [0.2, 0.25) is 0 Å². The molecule has 2 aromatic rings. The van der Waals surface area contributed by atoms with E-state index in [2.05, 4.69) is 25.5 Å². The van der Waals surface area contributed by atoms with E-state index in [1.54, 1.807) is 5.51 Å². The van der Waals surface area contributed by atoms with Gasteiger partial charge in [0.15, 0.2) is 4.34 Å². The maximum absolute atomic E-state index is 4.11. The maximum Gasteiger partial charge on any atom is 0.180 e. The van der Waals surface area contributed by atoms with E-state index in [0.717, 1.165) is 15.2 Å². The van der Waals surface area contributed by atoms with Gasteiger partial charge < -0.3 is 5.32 Å². The van der Waals surface area contributed by atoms with Crippen molar-refractivity contribution in [2.45, 2.75) is 9.37 Å². The molecule has 0 bridgehead atoms. The zero-order valence-electron chi connectivity index (χ0n) is 7.34. The van der Waals surface area contributed by atoms with E-state index in [1.165, 1.54) is 29.4 Å². The summed E-state index contributed by atoms with van der Waals surface area (Å²) in [6.45, 7) is 0. The quantitative estimate of drug-likeness (QED) is 0.799. The van der Waals surface area contributed by atoms with Crippen LogP contribution >= 0.6 is 23.1 Å². The fourth-order valence-electron chi connectivity index (χ4n) is 0.829. The number of nitrogens with one attached hydrogen (secondary N) is 1. The lowest BCUT2D eigenvalue weighted by molar-refractivity contribution is 0.999. The average molecular weight is 225 g/mol. The van der Waals surface area contributed by atoms with Crippen molar-refractivity contribution in [1.29, 1.82) is 0 Å². The Kier molecular flexibility index (Phi) is 2.90. The number of rotatable bonds is 3. The normalized spacial score (nSPS) is 10.1. The SMILES string of the molecule is CNc1cc(Sc2nncs2)ncn1. The fraction of sp³-hybridized carbons (Fsp3) is 0.143. The fourth-order valence-corrected chi connectivity index (χ4v) is 2.22. The van der Waals surface area contributed by atoms with Crippen molar-refractivity contribution in [3.63, 3.8) is 0 Å². The lowest BCUT2D eigenvalue weighted by Gasteiger charge is -1.99. The van der Waals surface area contributed by atoms with Crippen LogP contribution < -0.4 is 5.32 Å². The van der Waals surface area contributed by atoms with Crippen LogP contribution in [0.4, 0.5) is 5.82 Å². The molecule has 0 radical (unpaired) electrons. The molecule has 14 heavy (non-hydrogen) atoms. The van der Waals surface area contributed by atoms with E-state index in [4.69, 9.17) is 0 Å². The minimum atomic E-state index is 0.798. The van der Waals surface area contributed by atoms with Crippen molar-refractivity contribution in [3.05, 3.63) is 17.9 Å². The van der Waals surface area contributed by atoms with Gasteiger partial charge in [-0.15, -0.1) is 10.2 Å². The minimum absolute atomic E-state index is 0.798. The molecule has 0 unspecified atom stereocenters. The van der Waals surface area contributed by atoms with E-state index < -0.39 is 0 Å². The third-order valence-corrected chi connectivity index (χ3v) is 3.14. The number of hydrogen-bond acceptors (Lipinski definition) is 7. The van der Waals surface area contributed by atoms with Gasteiger partial charge in [-0.05, 0) is 11.8 Å². The molecule has 72 valence electrons. The molecule has 0 aliphatic carbocycles. The highest BCUT2D eigenvalue weighted by atomic mass is 32.2. The Bertz CT molecular complexity index is 402. The van der Waals surface area contributed by atoms with Crippen molar-refractivity contribution in [2.75, 3.05) is 12.4 Å². The van der Waals surface area contributed by atoms with Crippen LogP contribution in [0.5, 0.6) is 0 Å². The van der Waals surface area contributed by atoms with Gasteiger partial charge in [0, 0.05) is 13.1 Å². The molecule has 0 aliphatic heterocycles. The maximum atomic E-state index is 4.11. The highest BCUT2D eigenvalue weighted by Gasteiger charge is 2.02. The van der Waals surface area contributed by atoms with Gasteiger partial charge in [-0.2, -0.15) is 0 Å². The summed E-state index contributed by atoms with van der Waals surface area (Å²) in [6.07, 6.45) is 1.52. The predicted molar refractivity (Wildman–Crippen MR) is 55.6 cm³/mol. The van der Waals surface area contributed by atoms with Crippen molar-refractivity contribution < 1.29 is 0 Å². The van der Waals surface area contributed by atoms with Gasteiger partial charge in [-0.3, -0.25) is 0 Å². The third-order valence-electron chi connectivity index (χ3n) is 1.43. The van der Waals surface area contributed by atoms with Gasteiger partial charge in [-0.25, -0.2) is 9.97 Å². The monoisotopic (exact) mass is 225 g/mol. The first-order valence-electron chi connectivity index (χ1n) is 3.82. The van der Waals surface area contributed by atoms with Crippen LogP contribution in [-0.4, -0.2) is 27.2 Å². The topological polar surface area (TPSA) is 63.6 Å². The second-order valence-electron chi connectivity index (χ2n) is 2.30. The van der Waals surface area contributed by atoms with Crippen LogP contribution in [-0.2, 0) is 0 Å². The Morgan fingerprint density at radius 1 is 1.43 bits per heavy atom. The van der Waals surface area contributed by atoms with E-state index in [0.29, 0.717) is 0 Å². The highest BCUT2D eigenvalue weighted by molar-refractivity contribution is 8.00. The third kappa shape index (κ3) is 2.18. The van der Waals surface area contributed by atoms with Gasteiger partial charge in [-0.1, -0.05) is 11.3 Å². The molecule has 2 aromatic heterocycles. The van der Waals surface area contributed by atoms with Crippen molar-refractivity contribution >= 4 is 28.9 Å². The summed E-state index contributed by atoms with van der Waals surface area (Å²) >= 11 is 2.97. The molecule has 2 rings (SSSR count). The molecule has 5 nitrogen and oxygen atoms in total. The standard InChI is InChI=1S/C7H7N5S2/c1-8-5-2-6(10-3-9-5)14-7-12-11-4-13-7/h2-4H,1H3,(H,8,9,10). The number of nitrogens with zero attached hydrogens (tertiary/aromatic N) is 4. The molecule has 7 heteroatoms. The molecule has 1 N–H and O–H groups in total. The molecule has 0 saturated heterocycles. The average Bonchev–Trinajstić information content (AvgIpc) is 2.71. The van der Waals surface area contributed by atoms with E-state index in [9.17, 15) is 0 Å². The zero-order chi connectivity index (χ0) is 9.80. The van der Waals surface area contributed by atoms with Gasteiger partial charge >= 0.3 is 0 Å². The molecular weight excluding hydrogens is 218 g/mol. The van der Waals surface area contributed by atoms with Crippen molar-refractivity contribution in [2.24, 2.45) is 0 Å². The van der Waals surface area contributed by atoms with E-state index in [-0.39, 0.29) is 0 Å². The van der Waals surface area contributed by atoms with Crippen LogP contribution in [0.3, 0.4) is 0 Å². The van der Waals surface area contributed by atoms with Crippen LogP contribution in [0.15, 0.2) is 27.3 Å². The van der Waals surface area contributed by atoms with Crippen LogP contribution in [0.2, 0.25) is 0 Å². The molecule has 0 aromatic carbocycles. The summed E-state index contributed by atoms with van der Waals surface area (Å²) in [5.74, 6) is 0.798. The summed E-state index contributed by atoms with van der Waals surface area (Å²) < 4.78 is 0.880. The van der Waals surface area contributed by atoms with Gasteiger partial charge in [0.05, 0.1) is 0 Å². The lowest BCUT2D eigenvalue weighted by Crippen LogP contribution is -1.93. The number of anilines is 1. The Labute approximate surface area is 89.0 Å². The second-order valence-corrected chi connectivity index (χ2v) is 4.40. The first kappa shape index (κ1) is 9.35. The Morgan fingerprint density at radius 3 is 3.07 bits per heavy atom. The van der Waals surface area contributed by atoms with Crippen LogP contribution in [0, 0.1) is 0 Å². The lowest BCUT2D eigenvalue weighted by atomic mass is 10.6. The molecule has 0 fully saturated rings. The molecule has 2 heterocycles. The highest BCUT2D eigenvalue weighted by Crippen LogP contribution is 2.27. The summed E-state index contributed by atoms with van der Waals surface area (Å²) in [6, 6.07) is 1.87. The Morgan fingerprint density at radius 2 is 2.36 bits per heavy atom. The zero-order valence-corrected chi connectivity index (χ0v) is 8.97. The first-order chi connectivity index (χ1) is 6.88. The summed E-state index contributed by atoms with van der Waals surface area (Å²) in [7, 11) is 1.82. The summed E-state index contributed by atoms with van der Waals surface area (Å²) in [5, 5.41) is 11.5. The first-order valence-corrected chi connectivity index (χ1v) is 5.52. The molecular formula is C7H7N5S2.